The van der Waals surface area contributed by atoms with E-state index in [2.05, 4.69) is 56.7 Å². The molecule has 0 saturated carbocycles. The van der Waals surface area contributed by atoms with Gasteiger partial charge in [-0.1, -0.05) is 6.92 Å². The summed E-state index contributed by atoms with van der Waals surface area (Å²) in [6.45, 7) is 4.48. The van der Waals surface area contributed by atoms with Gasteiger partial charge in [-0.05, 0) is 48.8 Å². The van der Waals surface area contributed by atoms with Gasteiger partial charge in [-0.2, -0.15) is 0 Å². The highest BCUT2D eigenvalue weighted by Gasteiger charge is 2.22. The predicted molar refractivity (Wildman–Crippen MR) is 82.6 cm³/mol. The standard InChI is InChI=1S/C14H23BrN4/c1-4-6-13-16-12(15)9-14(17-13)19(3)11-7-5-8-18(2)10-11/h9,11H,4-8,10H2,1-3H3. The third-order valence-corrected chi connectivity index (χ3v) is 4.12. The Balaban J connectivity index is 2.15. The second-order valence-corrected chi connectivity index (χ2v) is 6.20. The van der Waals surface area contributed by atoms with E-state index in [0.717, 1.165) is 35.6 Å². The highest BCUT2D eigenvalue weighted by Crippen LogP contribution is 2.22. The van der Waals surface area contributed by atoms with Crippen LogP contribution in [0.25, 0.3) is 0 Å². The van der Waals surface area contributed by atoms with E-state index in [0.29, 0.717) is 6.04 Å². The number of piperidine rings is 1. The molecule has 1 unspecified atom stereocenters. The van der Waals surface area contributed by atoms with Crippen LogP contribution in [0.5, 0.6) is 0 Å². The van der Waals surface area contributed by atoms with Gasteiger partial charge in [0.2, 0.25) is 0 Å². The predicted octanol–water partition coefficient (Wildman–Crippen LogP) is 2.72. The zero-order valence-electron chi connectivity index (χ0n) is 12.1. The van der Waals surface area contributed by atoms with Crippen molar-refractivity contribution >= 4 is 21.7 Å². The molecule has 5 heteroatoms. The minimum Gasteiger partial charge on any atom is -0.355 e. The van der Waals surface area contributed by atoms with Gasteiger partial charge in [0.1, 0.15) is 16.2 Å². The number of likely N-dealkylation sites (N-methyl/N-ethyl adjacent to an activating group) is 2. The van der Waals surface area contributed by atoms with Crippen molar-refractivity contribution in [2.75, 3.05) is 32.1 Å². The van der Waals surface area contributed by atoms with Gasteiger partial charge in [0.05, 0.1) is 0 Å². The summed E-state index contributed by atoms with van der Waals surface area (Å²) in [5, 5.41) is 0. The van der Waals surface area contributed by atoms with Crippen LogP contribution in [0.15, 0.2) is 10.7 Å². The Morgan fingerprint density at radius 2 is 2.26 bits per heavy atom. The van der Waals surface area contributed by atoms with E-state index in [-0.39, 0.29) is 0 Å². The van der Waals surface area contributed by atoms with Crippen LogP contribution in [0.2, 0.25) is 0 Å². The Morgan fingerprint density at radius 1 is 1.47 bits per heavy atom. The molecule has 1 fully saturated rings. The molecule has 1 aromatic heterocycles. The van der Waals surface area contributed by atoms with E-state index in [1.54, 1.807) is 0 Å². The van der Waals surface area contributed by atoms with Crippen molar-refractivity contribution in [1.29, 1.82) is 0 Å². The molecule has 0 radical (unpaired) electrons. The molecule has 0 spiro atoms. The van der Waals surface area contributed by atoms with Crippen molar-refractivity contribution in [2.45, 2.75) is 38.6 Å². The van der Waals surface area contributed by atoms with Crippen LogP contribution in [-0.4, -0.2) is 48.1 Å². The molecular weight excluding hydrogens is 304 g/mol. The summed E-state index contributed by atoms with van der Waals surface area (Å²) < 4.78 is 0.886. The molecule has 1 aliphatic rings. The third-order valence-electron chi connectivity index (χ3n) is 3.71. The van der Waals surface area contributed by atoms with Crippen LogP contribution in [0.4, 0.5) is 5.82 Å². The summed E-state index contributed by atoms with van der Waals surface area (Å²) in [5.41, 5.74) is 0. The van der Waals surface area contributed by atoms with Crippen molar-refractivity contribution in [3.8, 4) is 0 Å². The van der Waals surface area contributed by atoms with Crippen LogP contribution in [0.3, 0.4) is 0 Å². The van der Waals surface area contributed by atoms with Gasteiger partial charge in [-0.3, -0.25) is 0 Å². The number of hydrogen-bond donors (Lipinski definition) is 0. The van der Waals surface area contributed by atoms with Gasteiger partial charge in [-0.25, -0.2) is 9.97 Å². The molecule has 0 amide bonds. The summed E-state index contributed by atoms with van der Waals surface area (Å²) in [5.74, 6) is 1.97. The van der Waals surface area contributed by atoms with E-state index in [9.17, 15) is 0 Å². The largest absolute Gasteiger partial charge is 0.355 e. The molecule has 0 bridgehead atoms. The summed E-state index contributed by atoms with van der Waals surface area (Å²) in [7, 11) is 4.34. The van der Waals surface area contributed by atoms with E-state index in [1.807, 2.05) is 6.07 Å². The average molecular weight is 327 g/mol. The molecule has 1 saturated heterocycles. The van der Waals surface area contributed by atoms with Gasteiger partial charge in [0.25, 0.3) is 0 Å². The number of aryl methyl sites for hydroxylation is 1. The molecule has 106 valence electrons. The van der Waals surface area contributed by atoms with Crippen molar-refractivity contribution < 1.29 is 0 Å². The highest BCUT2D eigenvalue weighted by atomic mass is 79.9. The summed E-state index contributed by atoms with van der Waals surface area (Å²) in [4.78, 5) is 13.8. The fourth-order valence-corrected chi connectivity index (χ4v) is 3.02. The van der Waals surface area contributed by atoms with Crippen LogP contribution in [-0.2, 0) is 6.42 Å². The number of nitrogens with zero attached hydrogens (tertiary/aromatic N) is 4. The Morgan fingerprint density at radius 3 is 2.95 bits per heavy atom. The van der Waals surface area contributed by atoms with Crippen LogP contribution < -0.4 is 4.90 Å². The third kappa shape index (κ3) is 3.89. The number of rotatable bonds is 4. The maximum absolute atomic E-state index is 4.69. The smallest absolute Gasteiger partial charge is 0.133 e. The first-order valence-corrected chi connectivity index (χ1v) is 7.84. The van der Waals surface area contributed by atoms with E-state index in [1.165, 1.54) is 19.4 Å². The van der Waals surface area contributed by atoms with Gasteiger partial charge >= 0.3 is 0 Å². The lowest BCUT2D eigenvalue weighted by atomic mass is 10.1. The summed E-state index contributed by atoms with van der Waals surface area (Å²) in [6.07, 6.45) is 4.52. The summed E-state index contributed by atoms with van der Waals surface area (Å²) >= 11 is 3.50. The first kappa shape index (κ1) is 14.7. The number of likely N-dealkylation sites (tertiary alicyclic amines) is 1. The van der Waals surface area contributed by atoms with E-state index >= 15 is 0 Å². The highest BCUT2D eigenvalue weighted by molar-refractivity contribution is 9.10. The van der Waals surface area contributed by atoms with Crippen LogP contribution in [0, 0.1) is 0 Å². The molecule has 4 nitrogen and oxygen atoms in total. The number of anilines is 1. The molecule has 2 heterocycles. The maximum Gasteiger partial charge on any atom is 0.133 e. The fraction of sp³-hybridized carbons (Fsp3) is 0.714. The van der Waals surface area contributed by atoms with Gasteiger partial charge in [0.15, 0.2) is 0 Å². The first-order chi connectivity index (χ1) is 9.10. The number of aromatic nitrogens is 2. The quantitative estimate of drug-likeness (QED) is 0.796. The second-order valence-electron chi connectivity index (χ2n) is 5.38. The Bertz CT molecular complexity index is 424. The monoisotopic (exact) mass is 326 g/mol. The lowest BCUT2D eigenvalue weighted by Gasteiger charge is -2.36. The Kier molecular flexibility index (Phi) is 5.16. The fourth-order valence-electron chi connectivity index (χ4n) is 2.61. The molecule has 1 aliphatic heterocycles. The minimum atomic E-state index is 0.551. The molecule has 0 N–H and O–H groups in total. The minimum absolute atomic E-state index is 0.551. The molecule has 1 aromatic rings. The van der Waals surface area contributed by atoms with Gasteiger partial charge in [0, 0.05) is 32.1 Å². The topological polar surface area (TPSA) is 32.3 Å². The normalized spacial score (nSPS) is 20.5. The SMILES string of the molecule is CCCc1nc(Br)cc(N(C)C2CCCN(C)C2)n1. The maximum atomic E-state index is 4.69. The van der Waals surface area contributed by atoms with Crippen molar-refractivity contribution in [2.24, 2.45) is 0 Å². The van der Waals surface area contributed by atoms with Crippen molar-refractivity contribution in [3.63, 3.8) is 0 Å². The molecular formula is C14H23BrN4. The number of halogens is 1. The Labute approximate surface area is 124 Å². The van der Waals surface area contributed by atoms with Crippen LogP contribution >= 0.6 is 15.9 Å². The first-order valence-electron chi connectivity index (χ1n) is 7.05. The van der Waals surface area contributed by atoms with E-state index in [4.69, 9.17) is 0 Å². The van der Waals surface area contributed by atoms with E-state index < -0.39 is 0 Å². The Hall–Kier alpha value is -0.680. The molecule has 2 rings (SSSR count). The van der Waals surface area contributed by atoms with Crippen LogP contribution in [0.1, 0.15) is 32.0 Å². The molecule has 1 atom stereocenters. The van der Waals surface area contributed by atoms with Crippen molar-refractivity contribution in [1.82, 2.24) is 14.9 Å². The van der Waals surface area contributed by atoms with Crippen molar-refractivity contribution in [3.05, 3.63) is 16.5 Å². The lowest BCUT2D eigenvalue weighted by Crippen LogP contribution is -2.45. The second kappa shape index (κ2) is 6.66. The van der Waals surface area contributed by atoms with Gasteiger partial charge in [-0.15, -0.1) is 0 Å². The molecule has 0 aliphatic carbocycles. The number of hydrogen-bond acceptors (Lipinski definition) is 4. The zero-order chi connectivity index (χ0) is 13.8. The molecule has 0 aromatic carbocycles. The zero-order valence-corrected chi connectivity index (χ0v) is 13.7. The average Bonchev–Trinajstić information content (AvgIpc) is 2.37. The summed E-state index contributed by atoms with van der Waals surface area (Å²) in [6, 6.07) is 2.57. The molecule has 19 heavy (non-hydrogen) atoms. The lowest BCUT2D eigenvalue weighted by molar-refractivity contribution is 0.247. The van der Waals surface area contributed by atoms with Gasteiger partial charge < -0.3 is 9.80 Å².